The zero-order valence-corrected chi connectivity index (χ0v) is 13.2. The summed E-state index contributed by atoms with van der Waals surface area (Å²) in [6.07, 6.45) is 0. The third kappa shape index (κ3) is 5.66. The predicted molar refractivity (Wildman–Crippen MR) is 84.5 cm³/mol. The summed E-state index contributed by atoms with van der Waals surface area (Å²) in [5, 5.41) is 3.44. The van der Waals surface area contributed by atoms with Crippen molar-refractivity contribution < 1.29 is 9.47 Å². The maximum atomic E-state index is 5.88. The van der Waals surface area contributed by atoms with Gasteiger partial charge in [-0.1, -0.05) is 32.6 Å². The summed E-state index contributed by atoms with van der Waals surface area (Å²) in [6.45, 7) is 15.1. The first-order chi connectivity index (χ1) is 9.54. The molecule has 0 unspecified atom stereocenters. The van der Waals surface area contributed by atoms with Gasteiger partial charge in [0.2, 0.25) is 0 Å². The number of hydrogen-bond acceptors (Lipinski definition) is 3. The van der Waals surface area contributed by atoms with Gasteiger partial charge in [-0.25, -0.2) is 0 Å². The van der Waals surface area contributed by atoms with Gasteiger partial charge in [0.05, 0.1) is 6.61 Å². The predicted octanol–water partition coefficient (Wildman–Crippen LogP) is 3.79. The molecule has 3 heteroatoms. The van der Waals surface area contributed by atoms with Crippen LogP contribution in [0.25, 0.3) is 0 Å². The molecule has 112 valence electrons. The first-order valence-electron chi connectivity index (χ1n) is 7.27. The van der Waals surface area contributed by atoms with Gasteiger partial charge >= 0.3 is 0 Å². The highest BCUT2D eigenvalue weighted by Crippen LogP contribution is 2.31. The van der Waals surface area contributed by atoms with Gasteiger partial charge in [0, 0.05) is 12.1 Å². The van der Waals surface area contributed by atoms with Crippen LogP contribution in [0.1, 0.15) is 33.3 Å². The second-order valence-corrected chi connectivity index (χ2v) is 5.45. The molecular weight excluding hydrogens is 250 g/mol. The van der Waals surface area contributed by atoms with Crippen molar-refractivity contribution in [2.45, 2.75) is 34.2 Å². The number of rotatable bonds is 9. The van der Waals surface area contributed by atoms with Gasteiger partial charge in [-0.3, -0.25) is 0 Å². The largest absolute Gasteiger partial charge is 0.490 e. The van der Waals surface area contributed by atoms with Crippen LogP contribution < -0.4 is 14.8 Å². The molecule has 0 aromatic heterocycles. The molecule has 0 aliphatic heterocycles. The smallest absolute Gasteiger partial charge is 0.166 e. The molecule has 1 aromatic carbocycles. The van der Waals surface area contributed by atoms with E-state index in [4.69, 9.17) is 9.47 Å². The van der Waals surface area contributed by atoms with E-state index in [-0.39, 0.29) is 0 Å². The minimum atomic E-state index is 0.515. The van der Waals surface area contributed by atoms with Crippen LogP contribution in [-0.2, 0) is 6.54 Å². The molecule has 0 radical (unpaired) electrons. The summed E-state index contributed by atoms with van der Waals surface area (Å²) >= 11 is 0. The van der Waals surface area contributed by atoms with Crippen molar-refractivity contribution in [2.24, 2.45) is 5.92 Å². The lowest BCUT2D eigenvalue weighted by Crippen LogP contribution is -2.19. The van der Waals surface area contributed by atoms with Gasteiger partial charge in [-0.2, -0.15) is 0 Å². The van der Waals surface area contributed by atoms with Crippen molar-refractivity contribution in [3.63, 3.8) is 0 Å². The summed E-state index contributed by atoms with van der Waals surface area (Å²) in [5.41, 5.74) is 2.12. The summed E-state index contributed by atoms with van der Waals surface area (Å²) in [5.74, 6) is 2.26. The lowest BCUT2D eigenvalue weighted by atomic mass is 10.1. The maximum absolute atomic E-state index is 5.88. The molecular formula is C17H27NO2. The lowest BCUT2D eigenvalue weighted by molar-refractivity contribution is 0.290. The highest BCUT2D eigenvalue weighted by atomic mass is 16.5. The highest BCUT2D eigenvalue weighted by molar-refractivity contribution is 5.46. The van der Waals surface area contributed by atoms with Crippen molar-refractivity contribution in [1.82, 2.24) is 5.32 Å². The molecule has 0 heterocycles. The van der Waals surface area contributed by atoms with E-state index in [1.54, 1.807) is 0 Å². The van der Waals surface area contributed by atoms with Crippen molar-refractivity contribution in [2.75, 3.05) is 19.8 Å². The number of ether oxygens (including phenoxy) is 2. The third-order valence-corrected chi connectivity index (χ3v) is 2.69. The molecule has 0 atom stereocenters. The first kappa shape index (κ1) is 16.6. The van der Waals surface area contributed by atoms with Crippen molar-refractivity contribution in [1.29, 1.82) is 0 Å². The quantitative estimate of drug-likeness (QED) is 0.697. The Hall–Kier alpha value is -1.48. The zero-order valence-electron chi connectivity index (χ0n) is 13.2. The number of benzene rings is 1. The molecule has 3 nitrogen and oxygen atoms in total. The fourth-order valence-corrected chi connectivity index (χ4v) is 1.82. The minimum absolute atomic E-state index is 0.515. The highest BCUT2D eigenvalue weighted by Gasteiger charge is 2.11. The Kier molecular flexibility index (Phi) is 7.16. The third-order valence-electron chi connectivity index (χ3n) is 2.69. The zero-order chi connectivity index (χ0) is 15.0. The van der Waals surface area contributed by atoms with Crippen LogP contribution >= 0.6 is 0 Å². The average molecular weight is 277 g/mol. The van der Waals surface area contributed by atoms with Gasteiger partial charge in [0.25, 0.3) is 0 Å². The first-order valence-corrected chi connectivity index (χ1v) is 7.27. The summed E-state index contributed by atoms with van der Waals surface area (Å²) in [7, 11) is 0. The molecule has 0 aliphatic rings. The van der Waals surface area contributed by atoms with E-state index < -0.39 is 0 Å². The molecule has 0 saturated carbocycles. The summed E-state index contributed by atoms with van der Waals surface area (Å²) in [4.78, 5) is 0. The van der Waals surface area contributed by atoms with Gasteiger partial charge in [-0.15, -0.1) is 0 Å². The fraction of sp³-hybridized carbons (Fsp3) is 0.529. The fourth-order valence-electron chi connectivity index (χ4n) is 1.82. The van der Waals surface area contributed by atoms with Crippen molar-refractivity contribution in [3.8, 4) is 11.5 Å². The Morgan fingerprint density at radius 3 is 2.65 bits per heavy atom. The van der Waals surface area contributed by atoms with E-state index in [1.165, 1.54) is 0 Å². The number of nitrogens with one attached hydrogen (secondary N) is 1. The second-order valence-electron chi connectivity index (χ2n) is 5.45. The Labute approximate surface area is 123 Å². The Balaban J connectivity index is 2.83. The molecule has 20 heavy (non-hydrogen) atoms. The average Bonchev–Trinajstić information content (AvgIpc) is 2.37. The second kappa shape index (κ2) is 8.64. The Morgan fingerprint density at radius 2 is 2.05 bits per heavy atom. The van der Waals surface area contributed by atoms with E-state index in [0.717, 1.165) is 35.7 Å². The Morgan fingerprint density at radius 1 is 1.30 bits per heavy atom. The SMILES string of the molecule is C=C(C)COc1c(CNCC(C)C)cccc1OCC. The molecule has 0 fully saturated rings. The molecule has 1 N–H and O–H groups in total. The van der Waals surface area contributed by atoms with Crippen LogP contribution in [0.3, 0.4) is 0 Å². The van der Waals surface area contributed by atoms with Crippen LogP contribution in [0.5, 0.6) is 11.5 Å². The molecule has 0 bridgehead atoms. The molecule has 1 rings (SSSR count). The van der Waals surface area contributed by atoms with Gasteiger partial charge < -0.3 is 14.8 Å². The van der Waals surface area contributed by atoms with Crippen LogP contribution in [0.15, 0.2) is 30.4 Å². The summed E-state index contributed by atoms with van der Waals surface area (Å²) < 4.78 is 11.5. The van der Waals surface area contributed by atoms with Gasteiger partial charge in [0.1, 0.15) is 6.61 Å². The molecule has 0 spiro atoms. The molecule has 0 aliphatic carbocycles. The van der Waals surface area contributed by atoms with E-state index in [1.807, 2.05) is 26.0 Å². The lowest BCUT2D eigenvalue weighted by Gasteiger charge is -2.17. The van der Waals surface area contributed by atoms with Crippen molar-refractivity contribution >= 4 is 0 Å². The van der Waals surface area contributed by atoms with Crippen LogP contribution in [0.2, 0.25) is 0 Å². The summed E-state index contributed by atoms with van der Waals surface area (Å²) in [6, 6.07) is 6.03. The van der Waals surface area contributed by atoms with Gasteiger partial charge in [-0.05, 0) is 37.9 Å². The standard InChI is InChI=1S/C17H27NO2/c1-6-19-16-9-7-8-15(11-18-10-13(2)3)17(16)20-12-14(4)5/h7-9,13,18H,4,6,10-12H2,1-3,5H3. The van der Waals surface area contributed by atoms with E-state index >= 15 is 0 Å². The normalized spacial score (nSPS) is 10.7. The molecule has 0 saturated heterocycles. The van der Waals surface area contributed by atoms with E-state index in [0.29, 0.717) is 19.1 Å². The van der Waals surface area contributed by atoms with E-state index in [9.17, 15) is 0 Å². The number of hydrogen-bond donors (Lipinski definition) is 1. The molecule has 0 amide bonds. The van der Waals surface area contributed by atoms with Crippen molar-refractivity contribution in [3.05, 3.63) is 35.9 Å². The van der Waals surface area contributed by atoms with Crippen LogP contribution in [0.4, 0.5) is 0 Å². The Bertz CT molecular complexity index is 427. The monoisotopic (exact) mass is 277 g/mol. The maximum Gasteiger partial charge on any atom is 0.166 e. The van der Waals surface area contributed by atoms with E-state index in [2.05, 4.69) is 31.8 Å². The topological polar surface area (TPSA) is 30.5 Å². The minimum Gasteiger partial charge on any atom is -0.490 e. The van der Waals surface area contributed by atoms with Gasteiger partial charge in [0.15, 0.2) is 11.5 Å². The number of para-hydroxylation sites is 1. The molecule has 1 aromatic rings. The van der Waals surface area contributed by atoms with Crippen LogP contribution in [-0.4, -0.2) is 19.8 Å². The van der Waals surface area contributed by atoms with Crippen LogP contribution in [0, 0.1) is 5.92 Å².